The molecule has 0 atom stereocenters. The van der Waals surface area contributed by atoms with E-state index >= 15 is 0 Å². The molecule has 30 heavy (non-hydrogen) atoms. The van der Waals surface area contributed by atoms with Crippen LogP contribution < -0.4 is 21.7 Å². The zero-order valence-corrected chi connectivity index (χ0v) is 17.2. The number of carbonyl (C=O) groups is 3. The average Bonchev–Trinajstić information content (AvgIpc) is 3.16. The second-order valence-corrected chi connectivity index (χ2v) is 8.68. The molecule has 0 spiro atoms. The van der Waals surface area contributed by atoms with Gasteiger partial charge in [-0.3, -0.25) is 9.59 Å². The van der Waals surface area contributed by atoms with Gasteiger partial charge in [0, 0.05) is 12.5 Å². The molecular weight excluding hydrogens is 402 g/mol. The number of nitrogens with one attached hydrogen (secondary N) is 3. The molecule has 0 radical (unpaired) electrons. The van der Waals surface area contributed by atoms with Gasteiger partial charge in [0.25, 0.3) is 5.91 Å². The molecular formula is C21H23N5O3S. The lowest BCUT2D eigenvalue weighted by Crippen LogP contribution is -2.49. The first kappa shape index (κ1) is 20.1. The van der Waals surface area contributed by atoms with Gasteiger partial charge in [-0.1, -0.05) is 18.7 Å². The molecule has 2 heterocycles. The minimum absolute atomic E-state index is 0.0216. The van der Waals surface area contributed by atoms with Crippen molar-refractivity contribution in [1.82, 2.24) is 20.9 Å². The first-order chi connectivity index (χ1) is 14.4. The van der Waals surface area contributed by atoms with Crippen molar-refractivity contribution in [3.8, 4) is 0 Å². The zero-order chi connectivity index (χ0) is 21.3. The lowest BCUT2D eigenvalue weighted by molar-refractivity contribution is -0.118. The maximum absolute atomic E-state index is 12.6. The molecule has 1 aliphatic carbocycles. The number of ketones is 1. The SMILES string of the molecule is C=C1NC(=O)NC(C(=O)NC2CCC(CC(=O)c3nc4ccccc4s3)CC2)=C1N. The molecule has 0 bridgehead atoms. The van der Waals surface area contributed by atoms with Crippen molar-refractivity contribution in [2.24, 2.45) is 11.7 Å². The largest absolute Gasteiger partial charge is 0.395 e. The molecule has 8 nitrogen and oxygen atoms in total. The van der Waals surface area contributed by atoms with Crippen molar-refractivity contribution < 1.29 is 14.4 Å². The molecule has 0 unspecified atom stereocenters. The molecule has 1 saturated carbocycles. The summed E-state index contributed by atoms with van der Waals surface area (Å²) in [4.78, 5) is 41.2. The number of amides is 3. The van der Waals surface area contributed by atoms with Crippen LogP contribution in [-0.2, 0) is 4.79 Å². The Labute approximate surface area is 177 Å². The van der Waals surface area contributed by atoms with Gasteiger partial charge in [0.1, 0.15) is 5.70 Å². The van der Waals surface area contributed by atoms with E-state index in [9.17, 15) is 14.4 Å². The predicted octanol–water partition coefficient (Wildman–Crippen LogP) is 2.54. The normalized spacial score (nSPS) is 21.9. The summed E-state index contributed by atoms with van der Waals surface area (Å²) in [6.07, 6.45) is 3.70. The second kappa shape index (κ2) is 8.27. The summed E-state index contributed by atoms with van der Waals surface area (Å²) >= 11 is 1.44. The van der Waals surface area contributed by atoms with Crippen LogP contribution >= 0.6 is 11.3 Å². The number of benzene rings is 1. The molecule has 1 aliphatic heterocycles. The summed E-state index contributed by atoms with van der Waals surface area (Å²) in [5.74, 6) is -0.0599. The summed E-state index contributed by atoms with van der Waals surface area (Å²) < 4.78 is 1.02. The summed E-state index contributed by atoms with van der Waals surface area (Å²) in [5.41, 5.74) is 7.07. The second-order valence-electron chi connectivity index (χ2n) is 7.65. The Hall–Kier alpha value is -3.20. The third kappa shape index (κ3) is 4.20. The van der Waals surface area contributed by atoms with E-state index in [1.165, 1.54) is 11.3 Å². The van der Waals surface area contributed by atoms with E-state index in [0.29, 0.717) is 11.4 Å². The number of thiazole rings is 1. The van der Waals surface area contributed by atoms with Gasteiger partial charge >= 0.3 is 6.03 Å². The van der Waals surface area contributed by atoms with Crippen molar-refractivity contribution in [1.29, 1.82) is 0 Å². The fourth-order valence-corrected chi connectivity index (χ4v) is 4.77. The summed E-state index contributed by atoms with van der Waals surface area (Å²) in [6, 6.07) is 7.20. The zero-order valence-electron chi connectivity index (χ0n) is 16.4. The van der Waals surface area contributed by atoms with E-state index in [-0.39, 0.29) is 34.8 Å². The third-order valence-corrected chi connectivity index (χ3v) is 6.59. The van der Waals surface area contributed by atoms with Crippen LogP contribution in [0.25, 0.3) is 10.2 Å². The number of para-hydroxylation sites is 1. The summed E-state index contributed by atoms with van der Waals surface area (Å²) in [5, 5.41) is 8.34. The first-order valence-electron chi connectivity index (χ1n) is 9.87. The predicted molar refractivity (Wildman–Crippen MR) is 114 cm³/mol. The number of nitrogens with zero attached hydrogens (tertiary/aromatic N) is 1. The highest BCUT2D eigenvalue weighted by molar-refractivity contribution is 7.20. The number of hydrogen-bond acceptors (Lipinski definition) is 6. The highest BCUT2D eigenvalue weighted by atomic mass is 32.1. The standard InChI is InChI=1S/C21H23N5O3S/c1-11-17(22)18(26-21(29)23-11)19(28)24-13-8-6-12(7-9-13)10-15(27)20-25-14-4-2-3-5-16(14)30-20/h2-5,12-13H,1,6-10,22H2,(H,24,28)(H2,23,26,29). The fraction of sp³-hybridized carbons (Fsp3) is 0.333. The average molecular weight is 426 g/mol. The maximum Gasteiger partial charge on any atom is 0.323 e. The number of carbonyl (C=O) groups excluding carboxylic acids is 3. The number of aromatic nitrogens is 1. The first-order valence-corrected chi connectivity index (χ1v) is 10.7. The Morgan fingerprint density at radius 1 is 1.20 bits per heavy atom. The van der Waals surface area contributed by atoms with E-state index < -0.39 is 11.9 Å². The minimum atomic E-state index is -0.531. The Balaban J connectivity index is 1.30. The molecule has 1 aromatic carbocycles. The number of urea groups is 1. The van der Waals surface area contributed by atoms with Crippen molar-refractivity contribution in [3.63, 3.8) is 0 Å². The van der Waals surface area contributed by atoms with E-state index in [1.807, 2.05) is 24.3 Å². The number of hydrogen-bond donors (Lipinski definition) is 4. The summed E-state index contributed by atoms with van der Waals surface area (Å²) in [6.45, 7) is 3.63. The van der Waals surface area contributed by atoms with Gasteiger partial charge in [-0.25, -0.2) is 9.78 Å². The van der Waals surface area contributed by atoms with Gasteiger partial charge in [-0.2, -0.15) is 0 Å². The highest BCUT2D eigenvalue weighted by Gasteiger charge is 2.29. The maximum atomic E-state index is 12.6. The van der Waals surface area contributed by atoms with Crippen molar-refractivity contribution in [2.45, 2.75) is 38.1 Å². The number of rotatable bonds is 5. The molecule has 4 rings (SSSR count). The van der Waals surface area contributed by atoms with Crippen LogP contribution in [0.15, 0.2) is 47.9 Å². The molecule has 1 aromatic heterocycles. The number of fused-ring (bicyclic) bond motifs is 1. The molecule has 156 valence electrons. The number of nitrogens with two attached hydrogens (primary N) is 1. The number of Topliss-reactive ketones (excluding diaryl/α,β-unsaturated/α-hetero) is 1. The van der Waals surface area contributed by atoms with Crippen LogP contribution in [0.3, 0.4) is 0 Å². The van der Waals surface area contributed by atoms with Gasteiger partial charge < -0.3 is 21.7 Å². The van der Waals surface area contributed by atoms with Gasteiger partial charge in [0.15, 0.2) is 10.8 Å². The van der Waals surface area contributed by atoms with Crippen LogP contribution in [0.4, 0.5) is 4.79 Å². The molecule has 5 N–H and O–H groups in total. The van der Waals surface area contributed by atoms with Crippen LogP contribution in [0, 0.1) is 5.92 Å². The van der Waals surface area contributed by atoms with E-state index in [0.717, 1.165) is 35.9 Å². The van der Waals surface area contributed by atoms with Crippen molar-refractivity contribution in [3.05, 3.63) is 52.9 Å². The molecule has 0 saturated heterocycles. The molecule has 2 aromatic rings. The van der Waals surface area contributed by atoms with Gasteiger partial charge in [-0.05, 0) is 43.7 Å². The van der Waals surface area contributed by atoms with Crippen LogP contribution in [-0.4, -0.2) is 28.7 Å². The lowest BCUT2D eigenvalue weighted by Gasteiger charge is -2.29. The van der Waals surface area contributed by atoms with Crippen molar-refractivity contribution >= 4 is 39.3 Å². The highest BCUT2D eigenvalue weighted by Crippen LogP contribution is 2.30. The van der Waals surface area contributed by atoms with Gasteiger partial charge in [0.2, 0.25) is 0 Å². The summed E-state index contributed by atoms with van der Waals surface area (Å²) in [7, 11) is 0. The van der Waals surface area contributed by atoms with Crippen LogP contribution in [0.5, 0.6) is 0 Å². The van der Waals surface area contributed by atoms with E-state index in [4.69, 9.17) is 5.73 Å². The molecule has 2 aliphatic rings. The van der Waals surface area contributed by atoms with Crippen molar-refractivity contribution in [2.75, 3.05) is 0 Å². The Kier molecular flexibility index (Phi) is 5.54. The molecule has 1 fully saturated rings. The van der Waals surface area contributed by atoms with Gasteiger partial charge in [-0.15, -0.1) is 11.3 Å². The molecule has 3 amide bonds. The van der Waals surface area contributed by atoms with Crippen LogP contribution in [0.1, 0.15) is 41.9 Å². The Morgan fingerprint density at radius 2 is 1.93 bits per heavy atom. The topological polar surface area (TPSA) is 126 Å². The molecule has 9 heteroatoms. The Morgan fingerprint density at radius 3 is 2.67 bits per heavy atom. The van der Waals surface area contributed by atoms with Gasteiger partial charge in [0.05, 0.1) is 21.6 Å². The van der Waals surface area contributed by atoms with E-state index in [1.54, 1.807) is 0 Å². The van der Waals surface area contributed by atoms with E-state index in [2.05, 4.69) is 27.5 Å². The monoisotopic (exact) mass is 425 g/mol. The minimum Gasteiger partial charge on any atom is -0.395 e. The fourth-order valence-electron chi connectivity index (χ4n) is 3.86. The smallest absolute Gasteiger partial charge is 0.323 e. The van der Waals surface area contributed by atoms with Crippen LogP contribution in [0.2, 0.25) is 0 Å². The Bertz CT molecular complexity index is 1030. The quantitative estimate of drug-likeness (QED) is 0.548. The third-order valence-electron chi connectivity index (χ3n) is 5.51. The lowest BCUT2D eigenvalue weighted by atomic mass is 9.83.